The topological polar surface area (TPSA) is 93.8 Å². The third-order valence-corrected chi connectivity index (χ3v) is 7.64. The van der Waals surface area contributed by atoms with E-state index in [1.54, 1.807) is 17.9 Å². The molecule has 2 heterocycles. The summed E-state index contributed by atoms with van der Waals surface area (Å²) in [6.45, 7) is 2.40. The summed E-state index contributed by atoms with van der Waals surface area (Å²) >= 11 is 6.19. The lowest BCUT2D eigenvalue weighted by atomic mass is 10.0. The minimum atomic E-state index is -4.25. The van der Waals surface area contributed by atoms with Crippen molar-refractivity contribution in [3.05, 3.63) is 58.1 Å². The van der Waals surface area contributed by atoms with Crippen LogP contribution in [0.5, 0.6) is 0 Å². The van der Waals surface area contributed by atoms with E-state index >= 15 is 0 Å². The number of alkyl halides is 3. The molecule has 0 aliphatic carbocycles. The molecular formula is C28H31ClF5N5O3. The number of nitrogens with one attached hydrogen (secondary N) is 3. The summed E-state index contributed by atoms with van der Waals surface area (Å²) in [6.07, 6.45) is -3.86. The molecule has 3 amide bonds. The smallest absolute Gasteiger partial charge is 0.367 e. The van der Waals surface area contributed by atoms with Gasteiger partial charge in [0.25, 0.3) is 5.91 Å². The van der Waals surface area contributed by atoms with Gasteiger partial charge in [-0.05, 0) is 44.0 Å². The van der Waals surface area contributed by atoms with Crippen molar-refractivity contribution in [2.45, 2.75) is 57.4 Å². The predicted octanol–water partition coefficient (Wildman–Crippen LogP) is 4.62. The van der Waals surface area contributed by atoms with Crippen LogP contribution < -0.4 is 20.9 Å². The zero-order valence-corrected chi connectivity index (χ0v) is 23.5. The molecule has 2 aromatic carbocycles. The van der Waals surface area contributed by atoms with E-state index in [2.05, 4.69) is 16.0 Å². The summed E-state index contributed by atoms with van der Waals surface area (Å²) in [5.74, 6) is -4.39. The van der Waals surface area contributed by atoms with Crippen LogP contribution in [-0.4, -0.2) is 67.1 Å². The molecule has 3 N–H and O–H groups in total. The molecule has 0 radical (unpaired) electrons. The molecule has 4 rings (SSSR count). The predicted molar refractivity (Wildman–Crippen MR) is 147 cm³/mol. The largest absolute Gasteiger partial charge is 0.390 e. The van der Waals surface area contributed by atoms with Crippen molar-refractivity contribution in [3.8, 4) is 0 Å². The Bertz CT molecular complexity index is 1340. The van der Waals surface area contributed by atoms with Gasteiger partial charge in [-0.25, -0.2) is 8.78 Å². The lowest BCUT2D eigenvalue weighted by Crippen LogP contribution is -2.52. The molecule has 8 nitrogen and oxygen atoms in total. The van der Waals surface area contributed by atoms with E-state index < -0.39 is 47.7 Å². The van der Waals surface area contributed by atoms with Crippen LogP contribution in [-0.2, 0) is 16.1 Å². The van der Waals surface area contributed by atoms with Crippen LogP contribution in [0.1, 0.15) is 48.5 Å². The summed E-state index contributed by atoms with van der Waals surface area (Å²) in [5, 5.41) is 7.97. The third kappa shape index (κ3) is 7.88. The number of hydrogen-bond donors (Lipinski definition) is 3. The van der Waals surface area contributed by atoms with Crippen molar-refractivity contribution < 1.29 is 36.3 Å². The zero-order chi connectivity index (χ0) is 30.6. The van der Waals surface area contributed by atoms with Gasteiger partial charge in [0, 0.05) is 55.8 Å². The highest BCUT2D eigenvalue weighted by atomic mass is 35.5. The van der Waals surface area contributed by atoms with E-state index in [4.69, 9.17) is 11.6 Å². The molecule has 14 heteroatoms. The number of halogens is 6. The Morgan fingerprint density at radius 1 is 1.12 bits per heavy atom. The number of piperidine rings is 1. The van der Waals surface area contributed by atoms with Crippen LogP contribution in [0.2, 0.25) is 5.02 Å². The molecule has 2 atom stereocenters. The SMILES string of the molecule is C[C@@H]1CN(c2cc(Cl)ccc2NC(=O)c2ccc(CNC(=O)[C@@H]3CCCC(=O)N3)c(F)c2F)CCN1CCC(F)(F)F. The van der Waals surface area contributed by atoms with Gasteiger partial charge >= 0.3 is 6.18 Å². The highest BCUT2D eigenvalue weighted by Crippen LogP contribution is 2.32. The van der Waals surface area contributed by atoms with Crippen LogP contribution in [0.25, 0.3) is 0 Å². The second-order valence-corrected chi connectivity index (χ2v) is 10.9. The minimum Gasteiger partial charge on any atom is -0.367 e. The fourth-order valence-corrected chi connectivity index (χ4v) is 5.25. The Balaban J connectivity index is 1.42. The summed E-state index contributed by atoms with van der Waals surface area (Å²) in [5.41, 5.74) is 0.0247. The molecule has 0 bridgehead atoms. The quantitative estimate of drug-likeness (QED) is 0.377. The molecular weight excluding hydrogens is 585 g/mol. The Morgan fingerprint density at radius 2 is 1.88 bits per heavy atom. The van der Waals surface area contributed by atoms with E-state index in [9.17, 15) is 36.3 Å². The third-order valence-electron chi connectivity index (χ3n) is 7.40. The summed E-state index contributed by atoms with van der Waals surface area (Å²) in [7, 11) is 0. The fraction of sp³-hybridized carbons (Fsp3) is 0.464. The summed E-state index contributed by atoms with van der Waals surface area (Å²) in [6, 6.07) is 5.94. The Hall–Kier alpha value is -3.45. The number of carbonyl (C=O) groups excluding carboxylic acids is 3. The lowest BCUT2D eigenvalue weighted by Gasteiger charge is -2.41. The number of rotatable bonds is 8. The van der Waals surface area contributed by atoms with Crippen molar-refractivity contribution in [2.24, 2.45) is 0 Å². The molecule has 0 saturated carbocycles. The van der Waals surface area contributed by atoms with E-state index in [0.29, 0.717) is 49.6 Å². The second kappa shape index (κ2) is 13.2. The van der Waals surface area contributed by atoms with Crippen LogP contribution >= 0.6 is 11.6 Å². The van der Waals surface area contributed by atoms with E-state index in [0.717, 1.165) is 6.07 Å². The molecule has 228 valence electrons. The number of benzene rings is 2. The Labute approximate surface area is 244 Å². The van der Waals surface area contributed by atoms with Crippen molar-refractivity contribution in [3.63, 3.8) is 0 Å². The van der Waals surface area contributed by atoms with E-state index in [-0.39, 0.29) is 36.3 Å². The molecule has 0 aromatic heterocycles. The first kappa shape index (κ1) is 31.5. The average Bonchev–Trinajstić information content (AvgIpc) is 2.93. The van der Waals surface area contributed by atoms with Crippen molar-refractivity contribution >= 4 is 40.7 Å². The number of nitrogens with zero attached hydrogens (tertiary/aromatic N) is 2. The van der Waals surface area contributed by atoms with Gasteiger partial charge in [-0.1, -0.05) is 17.7 Å². The molecule has 2 aromatic rings. The number of anilines is 2. The minimum absolute atomic E-state index is 0.126. The van der Waals surface area contributed by atoms with Gasteiger partial charge in [0.1, 0.15) is 6.04 Å². The number of amides is 3. The molecule has 2 aliphatic rings. The standard InChI is InChI=1S/C28H31ClF5N5O3/c1-16-15-39(12-11-38(16)10-9-28(32,33)34)22-13-18(29)6-8-20(22)37-26(41)19-7-5-17(24(30)25(19)31)14-35-27(42)21-3-2-4-23(40)36-21/h5-8,13,16,21H,2-4,9-12,14-15H2,1H3,(H,35,42)(H,36,40)(H,37,41)/t16-,21+/m1/s1. The maximum atomic E-state index is 15.0. The molecule has 2 saturated heterocycles. The summed E-state index contributed by atoms with van der Waals surface area (Å²) < 4.78 is 68.0. The molecule has 0 unspecified atom stereocenters. The van der Waals surface area contributed by atoms with Crippen LogP contribution in [0.15, 0.2) is 30.3 Å². The van der Waals surface area contributed by atoms with Crippen molar-refractivity contribution in [1.82, 2.24) is 15.5 Å². The monoisotopic (exact) mass is 615 g/mol. The summed E-state index contributed by atoms with van der Waals surface area (Å²) in [4.78, 5) is 40.5. The first-order valence-electron chi connectivity index (χ1n) is 13.5. The second-order valence-electron chi connectivity index (χ2n) is 10.4. The molecule has 42 heavy (non-hydrogen) atoms. The number of carbonyl (C=O) groups is 3. The van der Waals surface area contributed by atoms with Crippen molar-refractivity contribution in [2.75, 3.05) is 36.4 Å². The number of hydrogen-bond acceptors (Lipinski definition) is 5. The Kier molecular flexibility index (Phi) is 9.93. The highest BCUT2D eigenvalue weighted by molar-refractivity contribution is 6.31. The lowest BCUT2D eigenvalue weighted by molar-refractivity contribution is -0.139. The maximum absolute atomic E-state index is 15.0. The molecule has 2 aliphatic heterocycles. The molecule has 2 fully saturated rings. The van der Waals surface area contributed by atoms with Gasteiger partial charge in [-0.15, -0.1) is 0 Å². The number of piperazine rings is 1. The highest BCUT2D eigenvalue weighted by Gasteiger charge is 2.32. The van der Waals surface area contributed by atoms with Crippen LogP contribution in [0, 0.1) is 11.6 Å². The first-order chi connectivity index (χ1) is 19.8. The van der Waals surface area contributed by atoms with Crippen LogP contribution in [0.4, 0.5) is 33.3 Å². The van der Waals surface area contributed by atoms with Gasteiger partial charge in [0.15, 0.2) is 11.6 Å². The first-order valence-corrected chi connectivity index (χ1v) is 13.9. The normalized spacial score (nSPS) is 19.8. The maximum Gasteiger partial charge on any atom is 0.390 e. The fourth-order valence-electron chi connectivity index (χ4n) is 5.09. The van der Waals surface area contributed by atoms with Gasteiger partial charge in [-0.3, -0.25) is 19.3 Å². The van der Waals surface area contributed by atoms with Gasteiger partial charge in [0.05, 0.1) is 23.4 Å². The van der Waals surface area contributed by atoms with Crippen molar-refractivity contribution in [1.29, 1.82) is 0 Å². The molecule has 0 spiro atoms. The van der Waals surface area contributed by atoms with E-state index in [1.807, 2.05) is 4.90 Å². The van der Waals surface area contributed by atoms with Gasteiger partial charge < -0.3 is 20.9 Å². The van der Waals surface area contributed by atoms with Crippen LogP contribution in [0.3, 0.4) is 0 Å². The average molecular weight is 616 g/mol. The van der Waals surface area contributed by atoms with Gasteiger partial charge in [-0.2, -0.15) is 13.2 Å². The van der Waals surface area contributed by atoms with E-state index in [1.165, 1.54) is 18.2 Å². The Morgan fingerprint density at radius 3 is 2.57 bits per heavy atom. The van der Waals surface area contributed by atoms with Gasteiger partial charge in [0.2, 0.25) is 11.8 Å². The zero-order valence-electron chi connectivity index (χ0n) is 22.8.